The molecule has 4 heteroatoms. The molecule has 126 valence electrons. The molecule has 0 amide bonds. The van der Waals surface area contributed by atoms with E-state index >= 15 is 0 Å². The maximum atomic E-state index is 5.47. The highest BCUT2D eigenvalue weighted by Crippen LogP contribution is 2.24. The number of aromatic nitrogens is 3. The quantitative estimate of drug-likeness (QED) is 0.472. The first-order chi connectivity index (χ1) is 12.9. The van der Waals surface area contributed by atoms with Gasteiger partial charge in [0.25, 0.3) is 0 Å². The monoisotopic (exact) mass is 339 g/mol. The van der Waals surface area contributed by atoms with Crippen LogP contribution in [0.4, 0.5) is 0 Å². The summed E-state index contributed by atoms with van der Waals surface area (Å²) in [7, 11) is 0. The number of hydrogen-bond acceptors (Lipinski definition) is 3. The first kappa shape index (κ1) is 14.9. The van der Waals surface area contributed by atoms with Crippen LogP contribution in [0.3, 0.4) is 0 Å². The number of hydrogen-bond donors (Lipinski definition) is 0. The molecule has 3 aromatic carbocycles. The van der Waals surface area contributed by atoms with Gasteiger partial charge in [-0.3, -0.25) is 0 Å². The summed E-state index contributed by atoms with van der Waals surface area (Å²) in [6.45, 7) is 0.784. The molecule has 2 aromatic heterocycles. The van der Waals surface area contributed by atoms with Gasteiger partial charge in [-0.25, -0.2) is 4.98 Å². The zero-order valence-electron chi connectivity index (χ0n) is 14.2. The Morgan fingerprint density at radius 1 is 0.808 bits per heavy atom. The van der Waals surface area contributed by atoms with Gasteiger partial charge in [-0.05, 0) is 29.8 Å². The fourth-order valence-corrected chi connectivity index (χ4v) is 3.42. The molecule has 0 N–H and O–H groups in total. The zero-order chi connectivity index (χ0) is 17.3. The Bertz CT molecular complexity index is 1190. The molecular weight excluding hydrogens is 322 g/mol. The number of para-hydroxylation sites is 3. The fraction of sp³-hybridized carbons (Fsp3) is 0.0909. The summed E-state index contributed by atoms with van der Waals surface area (Å²) >= 11 is 0. The van der Waals surface area contributed by atoms with Gasteiger partial charge in [0.15, 0.2) is 5.58 Å². The molecule has 0 aliphatic heterocycles. The smallest absolute Gasteiger partial charge is 0.167 e. The molecule has 26 heavy (non-hydrogen) atoms. The molecule has 0 saturated heterocycles. The van der Waals surface area contributed by atoms with Crippen LogP contribution in [-0.4, -0.2) is 14.7 Å². The van der Waals surface area contributed by atoms with Crippen molar-refractivity contribution in [1.29, 1.82) is 0 Å². The van der Waals surface area contributed by atoms with Crippen molar-refractivity contribution in [1.82, 2.24) is 14.7 Å². The normalized spacial score (nSPS) is 11.4. The molecule has 0 fully saturated rings. The van der Waals surface area contributed by atoms with Crippen LogP contribution in [-0.2, 0) is 13.0 Å². The summed E-state index contributed by atoms with van der Waals surface area (Å²) in [4.78, 5) is 4.87. The molecule has 0 saturated carbocycles. The molecule has 2 heterocycles. The van der Waals surface area contributed by atoms with E-state index < -0.39 is 0 Å². The molecule has 0 radical (unpaired) electrons. The van der Waals surface area contributed by atoms with E-state index in [-0.39, 0.29) is 0 Å². The minimum absolute atomic E-state index is 0.637. The summed E-state index contributed by atoms with van der Waals surface area (Å²) in [6, 6.07) is 26.7. The van der Waals surface area contributed by atoms with Crippen LogP contribution in [0.2, 0.25) is 0 Å². The minimum Gasteiger partial charge on any atom is -0.356 e. The van der Waals surface area contributed by atoms with Gasteiger partial charge in [-0.2, -0.15) is 0 Å². The Kier molecular flexibility index (Phi) is 3.53. The lowest BCUT2D eigenvalue weighted by atomic mass is 10.1. The molecule has 0 unspecified atom stereocenters. The molecule has 5 rings (SSSR count). The summed E-state index contributed by atoms with van der Waals surface area (Å²) < 4.78 is 7.74. The molecule has 5 aromatic rings. The van der Waals surface area contributed by atoms with Gasteiger partial charge in [0.05, 0.1) is 23.1 Å². The van der Waals surface area contributed by atoms with Crippen LogP contribution in [0.15, 0.2) is 83.4 Å². The zero-order valence-corrected chi connectivity index (χ0v) is 14.2. The highest BCUT2D eigenvalue weighted by Gasteiger charge is 2.15. The second kappa shape index (κ2) is 6.15. The highest BCUT2D eigenvalue weighted by atomic mass is 16.5. The van der Waals surface area contributed by atoms with Crippen LogP contribution in [0.1, 0.15) is 17.1 Å². The van der Waals surface area contributed by atoms with E-state index in [0.29, 0.717) is 6.42 Å². The maximum absolute atomic E-state index is 5.47. The van der Waals surface area contributed by atoms with E-state index in [2.05, 4.69) is 52.2 Å². The minimum atomic E-state index is 0.637. The molecule has 0 bridgehead atoms. The highest BCUT2D eigenvalue weighted by molar-refractivity contribution is 5.80. The Morgan fingerprint density at radius 3 is 2.50 bits per heavy atom. The van der Waals surface area contributed by atoms with Crippen LogP contribution >= 0.6 is 0 Å². The Hall–Kier alpha value is -3.40. The molecule has 0 aliphatic rings. The van der Waals surface area contributed by atoms with Crippen LogP contribution in [0.5, 0.6) is 0 Å². The Morgan fingerprint density at radius 2 is 1.58 bits per heavy atom. The predicted octanol–water partition coefficient (Wildman–Crippen LogP) is 4.82. The van der Waals surface area contributed by atoms with Crippen LogP contribution < -0.4 is 0 Å². The topological polar surface area (TPSA) is 43.9 Å². The van der Waals surface area contributed by atoms with Gasteiger partial charge >= 0.3 is 0 Å². The van der Waals surface area contributed by atoms with Gasteiger partial charge in [0, 0.05) is 11.9 Å². The van der Waals surface area contributed by atoms with Crippen molar-refractivity contribution in [3.63, 3.8) is 0 Å². The standard InChI is InChI=1S/C22H17N3O/c1-2-8-16(9-3-1)15-25-20-12-6-5-11-18(20)23-22(25)14-19-17-10-4-7-13-21(17)26-24-19/h1-13H,14-15H2. The van der Waals surface area contributed by atoms with Crippen molar-refractivity contribution in [2.45, 2.75) is 13.0 Å². The molecular formula is C22H17N3O. The van der Waals surface area contributed by atoms with E-state index in [0.717, 1.165) is 40.1 Å². The second-order valence-electron chi connectivity index (χ2n) is 6.39. The van der Waals surface area contributed by atoms with Crippen molar-refractivity contribution in [2.24, 2.45) is 0 Å². The van der Waals surface area contributed by atoms with Crippen molar-refractivity contribution in [3.05, 3.63) is 95.9 Å². The largest absolute Gasteiger partial charge is 0.356 e. The lowest BCUT2D eigenvalue weighted by Gasteiger charge is -2.09. The van der Waals surface area contributed by atoms with Crippen LogP contribution in [0.25, 0.3) is 22.0 Å². The molecule has 0 atom stereocenters. The third-order valence-electron chi connectivity index (χ3n) is 4.69. The SMILES string of the molecule is c1ccc(Cn2c(Cc3noc4ccccc34)nc3ccccc32)cc1. The van der Waals surface area contributed by atoms with Crippen LogP contribution in [0, 0.1) is 0 Å². The summed E-state index contributed by atoms with van der Waals surface area (Å²) in [5.74, 6) is 0.995. The van der Waals surface area contributed by atoms with Gasteiger partial charge in [0.1, 0.15) is 5.82 Å². The summed E-state index contributed by atoms with van der Waals surface area (Å²) in [6.07, 6.45) is 0.637. The molecule has 4 nitrogen and oxygen atoms in total. The van der Waals surface area contributed by atoms with E-state index in [1.54, 1.807) is 0 Å². The lowest BCUT2D eigenvalue weighted by Crippen LogP contribution is -2.06. The Labute approximate surface area is 150 Å². The van der Waals surface area contributed by atoms with Gasteiger partial charge in [-0.1, -0.05) is 59.8 Å². The van der Waals surface area contributed by atoms with E-state index in [9.17, 15) is 0 Å². The van der Waals surface area contributed by atoms with E-state index in [1.807, 2.05) is 36.4 Å². The number of fused-ring (bicyclic) bond motifs is 2. The van der Waals surface area contributed by atoms with Gasteiger partial charge in [-0.15, -0.1) is 0 Å². The van der Waals surface area contributed by atoms with Crippen molar-refractivity contribution < 1.29 is 4.52 Å². The Balaban J connectivity index is 1.61. The predicted molar refractivity (Wildman–Crippen MR) is 102 cm³/mol. The summed E-state index contributed by atoms with van der Waals surface area (Å²) in [5, 5.41) is 5.33. The van der Waals surface area contributed by atoms with E-state index in [4.69, 9.17) is 9.51 Å². The van der Waals surface area contributed by atoms with E-state index in [1.165, 1.54) is 5.56 Å². The number of rotatable bonds is 4. The van der Waals surface area contributed by atoms with Crippen molar-refractivity contribution >= 4 is 22.0 Å². The lowest BCUT2D eigenvalue weighted by molar-refractivity contribution is 0.447. The van der Waals surface area contributed by atoms with Crippen molar-refractivity contribution in [2.75, 3.05) is 0 Å². The second-order valence-corrected chi connectivity index (χ2v) is 6.39. The first-order valence-corrected chi connectivity index (χ1v) is 8.70. The third kappa shape index (κ3) is 2.56. The van der Waals surface area contributed by atoms with Crippen molar-refractivity contribution in [3.8, 4) is 0 Å². The average molecular weight is 339 g/mol. The number of benzene rings is 3. The first-order valence-electron chi connectivity index (χ1n) is 8.70. The third-order valence-corrected chi connectivity index (χ3v) is 4.69. The van der Waals surface area contributed by atoms with Gasteiger partial charge in [0.2, 0.25) is 0 Å². The average Bonchev–Trinajstić information content (AvgIpc) is 3.25. The maximum Gasteiger partial charge on any atom is 0.167 e. The number of nitrogens with zero attached hydrogens (tertiary/aromatic N) is 3. The molecule has 0 spiro atoms. The summed E-state index contributed by atoms with van der Waals surface area (Å²) in [5.41, 5.74) is 5.13. The van der Waals surface area contributed by atoms with Gasteiger partial charge < -0.3 is 9.09 Å². The fourth-order valence-electron chi connectivity index (χ4n) is 3.42. The molecule has 0 aliphatic carbocycles. The number of imidazole rings is 1.